The third kappa shape index (κ3) is 2.27. The van der Waals surface area contributed by atoms with Crippen LogP contribution in [0, 0.1) is 0 Å². The van der Waals surface area contributed by atoms with Crippen molar-refractivity contribution < 1.29 is 9.84 Å². The number of thioether (sulfide) groups is 1. The van der Waals surface area contributed by atoms with E-state index in [2.05, 4.69) is 0 Å². The summed E-state index contributed by atoms with van der Waals surface area (Å²) < 4.78 is 5.10. The Kier molecular flexibility index (Phi) is 3.18. The molecule has 1 N–H and O–H groups in total. The van der Waals surface area contributed by atoms with E-state index in [4.69, 9.17) is 9.84 Å². The van der Waals surface area contributed by atoms with Crippen molar-refractivity contribution in [3.05, 3.63) is 36.0 Å². The molecule has 2 rings (SSSR count). The third-order valence-electron chi connectivity index (χ3n) is 2.24. The fourth-order valence-electron chi connectivity index (χ4n) is 1.39. The van der Waals surface area contributed by atoms with Gasteiger partial charge in [-0.25, -0.2) is 0 Å². The van der Waals surface area contributed by atoms with Gasteiger partial charge >= 0.3 is 0 Å². The van der Waals surface area contributed by atoms with Gasteiger partial charge in [-0.1, -0.05) is 12.1 Å². The first kappa shape index (κ1) is 10.4. The predicted molar refractivity (Wildman–Crippen MR) is 62.4 cm³/mol. The number of hydrogen-bond donors (Lipinski definition) is 1. The molecule has 0 bridgehead atoms. The van der Waals surface area contributed by atoms with Crippen molar-refractivity contribution in [2.24, 2.45) is 0 Å². The van der Waals surface area contributed by atoms with E-state index in [0.29, 0.717) is 0 Å². The summed E-state index contributed by atoms with van der Waals surface area (Å²) in [5.41, 5.74) is 1.16. The highest BCUT2D eigenvalue weighted by Crippen LogP contribution is 2.34. The number of ether oxygens (including phenoxy) is 1. The molecule has 0 aromatic heterocycles. The van der Waals surface area contributed by atoms with Gasteiger partial charge in [0, 0.05) is 11.1 Å². The van der Waals surface area contributed by atoms with Crippen molar-refractivity contribution in [2.45, 2.75) is 0 Å². The van der Waals surface area contributed by atoms with Crippen LogP contribution >= 0.6 is 11.8 Å². The van der Waals surface area contributed by atoms with Crippen molar-refractivity contribution in [2.75, 3.05) is 19.7 Å². The Labute approximate surface area is 93.4 Å². The second-order valence-corrected chi connectivity index (χ2v) is 4.21. The molecule has 0 atom stereocenters. The van der Waals surface area contributed by atoms with Crippen LogP contribution in [-0.2, 0) is 0 Å². The molecule has 0 amide bonds. The Bertz CT molecular complexity index is 361. The first-order chi connectivity index (χ1) is 7.33. The van der Waals surface area contributed by atoms with Gasteiger partial charge < -0.3 is 14.7 Å². The number of nitrogens with zero attached hydrogens (tertiary/aromatic N) is 1. The highest BCUT2D eigenvalue weighted by Gasteiger charge is 2.13. The standard InChI is InChI=1S/C11H13NO2S/c1-14-10-4-2-9(3-5-10)11-6-12(7-13)8-15-11/h2-6,13H,7-8H2,1H3. The lowest BCUT2D eigenvalue weighted by Gasteiger charge is -2.07. The molecule has 0 saturated heterocycles. The van der Waals surface area contributed by atoms with Crippen LogP contribution in [0.3, 0.4) is 0 Å². The Morgan fingerprint density at radius 3 is 2.67 bits per heavy atom. The van der Waals surface area contributed by atoms with Crippen LogP contribution < -0.4 is 4.74 Å². The van der Waals surface area contributed by atoms with Crippen LogP contribution in [0.5, 0.6) is 5.75 Å². The van der Waals surface area contributed by atoms with Crippen LogP contribution in [0.4, 0.5) is 0 Å². The van der Waals surface area contributed by atoms with Crippen LogP contribution in [-0.4, -0.2) is 29.7 Å². The van der Waals surface area contributed by atoms with E-state index in [1.165, 1.54) is 4.91 Å². The Morgan fingerprint density at radius 1 is 1.40 bits per heavy atom. The average molecular weight is 223 g/mol. The van der Waals surface area contributed by atoms with Gasteiger partial charge in [0.25, 0.3) is 0 Å². The van der Waals surface area contributed by atoms with Crippen molar-refractivity contribution in [3.63, 3.8) is 0 Å². The molecule has 1 aliphatic heterocycles. The van der Waals surface area contributed by atoms with Gasteiger partial charge in [-0.3, -0.25) is 0 Å². The van der Waals surface area contributed by atoms with Gasteiger partial charge in [0.05, 0.1) is 13.0 Å². The highest BCUT2D eigenvalue weighted by atomic mass is 32.2. The number of methoxy groups -OCH3 is 1. The summed E-state index contributed by atoms with van der Waals surface area (Å²) in [6, 6.07) is 7.94. The van der Waals surface area contributed by atoms with E-state index in [9.17, 15) is 0 Å². The van der Waals surface area contributed by atoms with E-state index >= 15 is 0 Å². The number of hydrogen-bond acceptors (Lipinski definition) is 4. The maximum atomic E-state index is 8.96. The molecule has 15 heavy (non-hydrogen) atoms. The second-order valence-electron chi connectivity index (χ2n) is 3.23. The van der Waals surface area contributed by atoms with Gasteiger partial charge in [-0.05, 0) is 17.7 Å². The van der Waals surface area contributed by atoms with Crippen molar-refractivity contribution in [1.82, 2.24) is 4.90 Å². The van der Waals surface area contributed by atoms with Crippen LogP contribution in [0.1, 0.15) is 5.56 Å². The first-order valence-electron chi connectivity index (χ1n) is 4.67. The normalized spacial score (nSPS) is 15.3. The zero-order valence-corrected chi connectivity index (χ0v) is 9.33. The third-order valence-corrected chi connectivity index (χ3v) is 3.35. The zero-order valence-electron chi connectivity index (χ0n) is 8.51. The molecule has 0 radical (unpaired) electrons. The molecule has 4 heteroatoms. The van der Waals surface area contributed by atoms with Gasteiger partial charge in [0.1, 0.15) is 12.5 Å². The molecule has 80 valence electrons. The summed E-state index contributed by atoms with van der Waals surface area (Å²) >= 11 is 1.73. The van der Waals surface area contributed by atoms with E-state index in [0.717, 1.165) is 17.2 Å². The lowest BCUT2D eigenvalue weighted by Crippen LogP contribution is -2.13. The summed E-state index contributed by atoms with van der Waals surface area (Å²) in [4.78, 5) is 3.05. The minimum atomic E-state index is 0.0760. The molecule has 0 aliphatic carbocycles. The van der Waals surface area contributed by atoms with Gasteiger partial charge in [-0.15, -0.1) is 11.8 Å². The van der Waals surface area contributed by atoms with E-state index in [1.54, 1.807) is 18.9 Å². The maximum Gasteiger partial charge on any atom is 0.118 e. The van der Waals surface area contributed by atoms with Crippen LogP contribution in [0.25, 0.3) is 4.91 Å². The molecule has 1 heterocycles. The second kappa shape index (κ2) is 4.59. The minimum absolute atomic E-state index is 0.0760. The minimum Gasteiger partial charge on any atom is -0.497 e. The van der Waals surface area contributed by atoms with Crippen LogP contribution in [0.2, 0.25) is 0 Å². The Morgan fingerprint density at radius 2 is 2.13 bits per heavy atom. The van der Waals surface area contributed by atoms with E-state index in [1.807, 2.05) is 35.4 Å². The predicted octanol–water partition coefficient (Wildman–Crippen LogP) is 1.95. The van der Waals surface area contributed by atoms with Crippen LogP contribution in [0.15, 0.2) is 30.5 Å². The molecule has 1 aromatic rings. The summed E-state index contributed by atoms with van der Waals surface area (Å²) in [5.74, 6) is 1.68. The smallest absolute Gasteiger partial charge is 0.118 e. The number of aliphatic hydroxyl groups is 1. The van der Waals surface area contributed by atoms with Gasteiger partial charge in [0.15, 0.2) is 0 Å². The van der Waals surface area contributed by atoms with E-state index < -0.39 is 0 Å². The Balaban J connectivity index is 2.16. The molecule has 0 fully saturated rings. The summed E-state index contributed by atoms with van der Waals surface area (Å²) in [5, 5.41) is 8.96. The largest absolute Gasteiger partial charge is 0.497 e. The maximum absolute atomic E-state index is 8.96. The SMILES string of the molecule is COc1ccc(C2=CN(CO)CS2)cc1. The monoisotopic (exact) mass is 223 g/mol. The molecule has 0 spiro atoms. The quantitative estimate of drug-likeness (QED) is 0.849. The van der Waals surface area contributed by atoms with Gasteiger partial charge in [-0.2, -0.15) is 0 Å². The molecular weight excluding hydrogens is 210 g/mol. The summed E-state index contributed by atoms with van der Waals surface area (Å²) in [7, 11) is 1.66. The summed E-state index contributed by atoms with van der Waals surface area (Å²) in [6.07, 6.45) is 1.98. The average Bonchev–Trinajstić information content (AvgIpc) is 2.78. The van der Waals surface area contributed by atoms with Crippen molar-refractivity contribution >= 4 is 16.7 Å². The highest BCUT2D eigenvalue weighted by molar-refractivity contribution is 8.08. The number of rotatable bonds is 3. The molecule has 3 nitrogen and oxygen atoms in total. The fourth-order valence-corrected chi connectivity index (χ4v) is 2.38. The van der Waals surface area contributed by atoms with E-state index in [-0.39, 0.29) is 6.73 Å². The van der Waals surface area contributed by atoms with Crippen molar-refractivity contribution in [3.8, 4) is 5.75 Å². The molecule has 0 saturated carbocycles. The zero-order chi connectivity index (χ0) is 10.7. The number of benzene rings is 1. The van der Waals surface area contributed by atoms with Crippen molar-refractivity contribution in [1.29, 1.82) is 0 Å². The first-order valence-corrected chi connectivity index (χ1v) is 5.66. The van der Waals surface area contributed by atoms with Gasteiger partial charge in [0.2, 0.25) is 0 Å². The lowest BCUT2D eigenvalue weighted by molar-refractivity contribution is 0.172. The molecule has 1 aliphatic rings. The lowest BCUT2D eigenvalue weighted by atomic mass is 10.2. The summed E-state index contributed by atoms with van der Waals surface area (Å²) in [6.45, 7) is 0.0760. The molecular formula is C11H13NO2S. The molecule has 0 unspecified atom stereocenters. The fraction of sp³-hybridized carbons (Fsp3) is 0.273. The Hall–Kier alpha value is -1.13. The molecule has 1 aromatic carbocycles. The number of aliphatic hydroxyl groups excluding tert-OH is 1. The topological polar surface area (TPSA) is 32.7 Å².